The number of hydrogen-bond donors (Lipinski definition) is 0. The lowest BCUT2D eigenvalue weighted by molar-refractivity contribution is -0.133. The van der Waals surface area contributed by atoms with E-state index < -0.39 is 0 Å². The number of amides is 2. The second-order valence-electron chi connectivity index (χ2n) is 7.66. The zero-order valence-corrected chi connectivity index (χ0v) is 15.7. The van der Waals surface area contributed by atoms with Crippen LogP contribution in [-0.2, 0) is 4.79 Å². The minimum Gasteiger partial charge on any atom is -0.339 e. The average Bonchev–Trinajstić information content (AvgIpc) is 3.16. The highest BCUT2D eigenvalue weighted by molar-refractivity contribution is 5.99. The fourth-order valence-corrected chi connectivity index (χ4v) is 4.27. The van der Waals surface area contributed by atoms with E-state index in [9.17, 15) is 9.59 Å². The van der Waals surface area contributed by atoms with Gasteiger partial charge in [0.05, 0.1) is 6.20 Å². The molecule has 0 spiro atoms. The number of rotatable bonds is 4. The summed E-state index contributed by atoms with van der Waals surface area (Å²) in [7, 11) is 0. The number of carbonyl (C=O) groups excluding carboxylic acids is 2. The van der Waals surface area contributed by atoms with E-state index in [0.717, 1.165) is 12.3 Å². The van der Waals surface area contributed by atoms with E-state index >= 15 is 0 Å². The Hall–Kier alpha value is -2.44. The molecule has 0 atom stereocenters. The van der Waals surface area contributed by atoms with Crippen LogP contribution in [-0.4, -0.2) is 62.4 Å². The normalized spacial score (nSPS) is 18.8. The van der Waals surface area contributed by atoms with Crippen molar-refractivity contribution in [1.82, 2.24) is 24.4 Å². The third-order valence-electron chi connectivity index (χ3n) is 5.92. The van der Waals surface area contributed by atoms with Crippen LogP contribution < -0.4 is 0 Å². The van der Waals surface area contributed by atoms with Gasteiger partial charge in [-0.25, -0.2) is 9.50 Å². The summed E-state index contributed by atoms with van der Waals surface area (Å²) in [6.07, 6.45) is 13.2. The first-order chi connectivity index (χ1) is 13.2. The molecule has 3 heterocycles. The van der Waals surface area contributed by atoms with Gasteiger partial charge in [-0.2, -0.15) is 5.10 Å². The fraction of sp³-hybridized carbons (Fsp3) is 0.600. The van der Waals surface area contributed by atoms with Crippen molar-refractivity contribution >= 4 is 17.5 Å². The van der Waals surface area contributed by atoms with Crippen LogP contribution in [0.15, 0.2) is 24.7 Å². The van der Waals surface area contributed by atoms with Crippen molar-refractivity contribution in [3.05, 3.63) is 30.2 Å². The van der Waals surface area contributed by atoms with E-state index in [1.54, 1.807) is 34.1 Å². The maximum atomic E-state index is 12.8. The first kappa shape index (κ1) is 17.9. The van der Waals surface area contributed by atoms with E-state index in [0.29, 0.717) is 43.8 Å². The standard InChI is InChI=1S/C20H27N5O2/c26-18(8-7-16-5-2-1-3-6-16)23-11-13-24(14-12-23)20(27)17-15-22-25-10-4-9-21-19(17)25/h4,9-10,15-16H,1-3,5-8,11-14H2. The smallest absolute Gasteiger partial charge is 0.259 e. The van der Waals surface area contributed by atoms with Crippen LogP contribution in [0.5, 0.6) is 0 Å². The molecule has 1 aliphatic carbocycles. The number of carbonyl (C=O) groups is 2. The lowest BCUT2D eigenvalue weighted by atomic mass is 9.86. The Morgan fingerprint density at radius 1 is 1.04 bits per heavy atom. The van der Waals surface area contributed by atoms with E-state index in [1.807, 2.05) is 4.90 Å². The maximum Gasteiger partial charge on any atom is 0.259 e. The Morgan fingerprint density at radius 2 is 1.78 bits per heavy atom. The molecule has 2 aromatic rings. The van der Waals surface area contributed by atoms with Gasteiger partial charge in [-0.1, -0.05) is 32.1 Å². The molecule has 1 saturated carbocycles. The Bertz CT molecular complexity index is 804. The molecule has 2 aromatic heterocycles. The van der Waals surface area contributed by atoms with E-state index in [-0.39, 0.29) is 11.8 Å². The second kappa shape index (κ2) is 8.06. The van der Waals surface area contributed by atoms with Gasteiger partial charge in [-0.05, 0) is 18.4 Å². The first-order valence-electron chi connectivity index (χ1n) is 10.1. The van der Waals surface area contributed by atoms with Gasteiger partial charge in [0, 0.05) is 45.0 Å². The van der Waals surface area contributed by atoms with Crippen LogP contribution in [0.2, 0.25) is 0 Å². The molecule has 0 N–H and O–H groups in total. The molecule has 1 saturated heterocycles. The third-order valence-corrected chi connectivity index (χ3v) is 5.92. The summed E-state index contributed by atoms with van der Waals surface area (Å²) in [5.74, 6) is 0.914. The Labute approximate surface area is 159 Å². The first-order valence-corrected chi connectivity index (χ1v) is 10.1. The lowest BCUT2D eigenvalue weighted by Gasteiger charge is -2.35. The number of piperazine rings is 1. The Kier molecular flexibility index (Phi) is 5.36. The largest absolute Gasteiger partial charge is 0.339 e. The van der Waals surface area contributed by atoms with Crippen LogP contribution in [0.3, 0.4) is 0 Å². The van der Waals surface area contributed by atoms with Gasteiger partial charge in [0.25, 0.3) is 5.91 Å². The van der Waals surface area contributed by atoms with Gasteiger partial charge >= 0.3 is 0 Å². The van der Waals surface area contributed by atoms with Crippen molar-refractivity contribution in [2.75, 3.05) is 26.2 Å². The van der Waals surface area contributed by atoms with Gasteiger partial charge in [0.2, 0.25) is 5.91 Å². The Morgan fingerprint density at radius 3 is 2.56 bits per heavy atom. The minimum absolute atomic E-state index is 0.0574. The summed E-state index contributed by atoms with van der Waals surface area (Å²) < 4.78 is 1.61. The molecule has 7 heteroatoms. The summed E-state index contributed by atoms with van der Waals surface area (Å²) in [6, 6.07) is 1.78. The molecular weight excluding hydrogens is 342 g/mol. The van der Waals surface area contributed by atoms with Crippen molar-refractivity contribution < 1.29 is 9.59 Å². The monoisotopic (exact) mass is 369 g/mol. The van der Waals surface area contributed by atoms with Gasteiger partial charge < -0.3 is 9.80 Å². The molecular formula is C20H27N5O2. The van der Waals surface area contributed by atoms with Crippen LogP contribution in [0, 0.1) is 5.92 Å². The van der Waals surface area contributed by atoms with Crippen molar-refractivity contribution in [2.24, 2.45) is 5.92 Å². The van der Waals surface area contributed by atoms with Gasteiger partial charge in [-0.15, -0.1) is 0 Å². The summed E-state index contributed by atoms with van der Waals surface area (Å²) >= 11 is 0. The number of hydrogen-bond acceptors (Lipinski definition) is 4. The van der Waals surface area contributed by atoms with Crippen molar-refractivity contribution in [1.29, 1.82) is 0 Å². The van der Waals surface area contributed by atoms with Crippen molar-refractivity contribution in [2.45, 2.75) is 44.9 Å². The van der Waals surface area contributed by atoms with E-state index in [2.05, 4.69) is 10.1 Å². The van der Waals surface area contributed by atoms with Crippen LogP contribution in [0.1, 0.15) is 55.3 Å². The SMILES string of the molecule is O=C(CCC1CCCCC1)N1CCN(C(=O)c2cnn3cccnc23)CC1. The summed E-state index contributed by atoms with van der Waals surface area (Å²) in [4.78, 5) is 33.3. The van der Waals surface area contributed by atoms with Gasteiger partial charge in [0.15, 0.2) is 5.65 Å². The Balaban J connectivity index is 1.29. The quantitative estimate of drug-likeness (QED) is 0.830. The topological polar surface area (TPSA) is 70.8 Å². The molecule has 0 unspecified atom stereocenters. The van der Waals surface area contributed by atoms with E-state index in [4.69, 9.17) is 0 Å². The summed E-state index contributed by atoms with van der Waals surface area (Å²) in [5.41, 5.74) is 1.10. The van der Waals surface area contributed by atoms with E-state index in [1.165, 1.54) is 32.1 Å². The zero-order chi connectivity index (χ0) is 18.6. The minimum atomic E-state index is -0.0574. The van der Waals surface area contributed by atoms with Crippen molar-refractivity contribution in [3.63, 3.8) is 0 Å². The molecule has 0 aromatic carbocycles. The summed E-state index contributed by atoms with van der Waals surface area (Å²) in [6.45, 7) is 2.36. The summed E-state index contributed by atoms with van der Waals surface area (Å²) in [5, 5.41) is 4.19. The highest BCUT2D eigenvalue weighted by atomic mass is 16.2. The van der Waals surface area contributed by atoms with Crippen LogP contribution in [0.25, 0.3) is 5.65 Å². The highest BCUT2D eigenvalue weighted by Gasteiger charge is 2.27. The van der Waals surface area contributed by atoms with Crippen molar-refractivity contribution in [3.8, 4) is 0 Å². The zero-order valence-electron chi connectivity index (χ0n) is 15.7. The number of aromatic nitrogens is 3. The molecule has 7 nitrogen and oxygen atoms in total. The molecule has 0 bridgehead atoms. The third kappa shape index (κ3) is 3.96. The van der Waals surface area contributed by atoms with Crippen LogP contribution >= 0.6 is 0 Å². The van der Waals surface area contributed by atoms with Gasteiger partial charge in [-0.3, -0.25) is 9.59 Å². The predicted octanol–water partition coefficient (Wildman–Crippen LogP) is 2.37. The maximum absolute atomic E-state index is 12.8. The van der Waals surface area contributed by atoms with Crippen LogP contribution in [0.4, 0.5) is 0 Å². The second-order valence-corrected chi connectivity index (χ2v) is 7.66. The molecule has 1 aliphatic heterocycles. The predicted molar refractivity (Wildman–Crippen MR) is 101 cm³/mol. The number of nitrogens with zero attached hydrogens (tertiary/aromatic N) is 5. The molecule has 4 rings (SSSR count). The fourth-order valence-electron chi connectivity index (χ4n) is 4.27. The van der Waals surface area contributed by atoms with Gasteiger partial charge in [0.1, 0.15) is 5.56 Å². The molecule has 2 fully saturated rings. The molecule has 2 aliphatic rings. The highest BCUT2D eigenvalue weighted by Crippen LogP contribution is 2.27. The number of fused-ring (bicyclic) bond motifs is 1. The average molecular weight is 369 g/mol. The molecule has 27 heavy (non-hydrogen) atoms. The molecule has 144 valence electrons. The molecule has 2 amide bonds. The lowest BCUT2D eigenvalue weighted by Crippen LogP contribution is -2.50. The molecule has 0 radical (unpaired) electrons.